The molecule has 0 fully saturated rings. The summed E-state index contributed by atoms with van der Waals surface area (Å²) >= 11 is 0. The minimum absolute atomic E-state index is 0.0389. The van der Waals surface area contributed by atoms with E-state index in [0.717, 1.165) is 18.4 Å². The van der Waals surface area contributed by atoms with Crippen LogP contribution in [-0.4, -0.2) is 28.7 Å². The van der Waals surface area contributed by atoms with E-state index in [-0.39, 0.29) is 13.0 Å². The zero-order valence-electron chi connectivity index (χ0n) is 14.3. The first-order valence-corrected chi connectivity index (χ1v) is 9.27. The van der Waals surface area contributed by atoms with Crippen molar-refractivity contribution in [3.63, 3.8) is 0 Å². The van der Waals surface area contributed by atoms with Crippen LogP contribution in [0.1, 0.15) is 45.1 Å². The quantitative estimate of drug-likeness (QED) is 0.510. The number of carbonyl (C=O) groups excluding carboxylic acids is 1. The molecule has 0 bridgehead atoms. The number of halogens is 2. The molecule has 1 N–H and O–H groups in total. The molecular formula is C17H25F2NO3S. The topological polar surface area (TPSA) is 55.4 Å². The van der Waals surface area contributed by atoms with Crippen LogP contribution in [0.15, 0.2) is 29.2 Å². The Morgan fingerprint density at radius 3 is 2.42 bits per heavy atom. The predicted molar refractivity (Wildman–Crippen MR) is 90.2 cm³/mol. The Kier molecular flexibility index (Phi) is 8.48. The highest BCUT2D eigenvalue weighted by molar-refractivity contribution is 7.83. The first-order valence-electron chi connectivity index (χ1n) is 8.12. The van der Waals surface area contributed by atoms with E-state index in [1.54, 1.807) is 24.3 Å². The van der Waals surface area contributed by atoms with Gasteiger partial charge in [0.15, 0.2) is 0 Å². The first-order chi connectivity index (χ1) is 11.3. The lowest BCUT2D eigenvalue weighted by Gasteiger charge is -2.25. The molecule has 1 aromatic carbocycles. The molecule has 1 aromatic rings. The summed E-state index contributed by atoms with van der Waals surface area (Å²) in [7, 11) is -1.83. The van der Waals surface area contributed by atoms with Crippen molar-refractivity contribution < 1.29 is 22.5 Å². The molecule has 0 radical (unpaired) electrons. The second kappa shape index (κ2) is 9.84. The third-order valence-corrected chi connectivity index (χ3v) is 4.76. The van der Waals surface area contributed by atoms with Gasteiger partial charge in [0.25, 0.3) is 0 Å². The molecular weight excluding hydrogens is 336 g/mol. The lowest BCUT2D eigenvalue weighted by molar-refractivity contribution is -0.175. The Morgan fingerprint density at radius 1 is 1.25 bits per heavy atom. The molecule has 0 saturated carbocycles. The fraction of sp³-hybridized carbons (Fsp3) is 0.588. The molecule has 136 valence electrons. The third-order valence-electron chi connectivity index (χ3n) is 3.57. The zero-order chi connectivity index (χ0) is 18.2. The molecule has 0 saturated heterocycles. The molecule has 4 nitrogen and oxygen atoms in total. The monoisotopic (exact) mass is 361 g/mol. The van der Waals surface area contributed by atoms with Gasteiger partial charge in [0, 0.05) is 0 Å². The number of benzene rings is 1. The third kappa shape index (κ3) is 5.94. The van der Waals surface area contributed by atoms with Crippen LogP contribution < -0.4 is 4.72 Å². The van der Waals surface area contributed by atoms with Gasteiger partial charge in [0.05, 0.1) is 17.5 Å². The van der Waals surface area contributed by atoms with Gasteiger partial charge in [-0.25, -0.2) is 13.7 Å². The normalized spacial score (nSPS) is 14.2. The molecule has 7 heteroatoms. The standard InChI is InChI=1S/C17H25F2NO3S/c1-4-6-7-8-15(17(18,19)16(21)23-5-2)20-24(22)14-11-9-13(3)10-12-14/h9-12,15,20H,4-8H2,1-3H3/t15-,24?/m1/s1. The molecule has 1 unspecified atom stereocenters. The Bertz CT molecular complexity index is 549. The minimum atomic E-state index is -3.73. The number of unbranched alkanes of at least 4 members (excludes halogenated alkanes) is 2. The van der Waals surface area contributed by atoms with Crippen molar-refractivity contribution in [1.29, 1.82) is 0 Å². The summed E-state index contributed by atoms with van der Waals surface area (Å²) in [5, 5.41) is 0. The Balaban J connectivity index is 2.90. The molecule has 0 spiro atoms. The smallest absolute Gasteiger partial charge is 0.378 e. The second-order valence-corrected chi connectivity index (χ2v) is 6.84. The van der Waals surface area contributed by atoms with Crippen LogP contribution in [0.2, 0.25) is 0 Å². The van der Waals surface area contributed by atoms with Crippen molar-refractivity contribution in [2.45, 2.75) is 63.3 Å². The van der Waals surface area contributed by atoms with Gasteiger partial charge in [-0.05, 0) is 32.4 Å². The molecule has 24 heavy (non-hydrogen) atoms. The maximum atomic E-state index is 14.4. The Labute approximate surface area is 144 Å². The van der Waals surface area contributed by atoms with E-state index in [9.17, 15) is 17.8 Å². The number of nitrogens with one attached hydrogen (secondary N) is 1. The fourth-order valence-corrected chi connectivity index (χ4v) is 3.18. The van der Waals surface area contributed by atoms with E-state index in [1.165, 1.54) is 6.92 Å². The maximum absolute atomic E-state index is 14.4. The molecule has 0 amide bonds. The van der Waals surface area contributed by atoms with E-state index < -0.39 is 28.9 Å². The highest BCUT2D eigenvalue weighted by Crippen LogP contribution is 2.26. The molecule has 0 aliphatic heterocycles. The second-order valence-electron chi connectivity index (χ2n) is 5.59. The molecule has 0 aromatic heterocycles. The van der Waals surface area contributed by atoms with Crippen molar-refractivity contribution in [2.75, 3.05) is 6.61 Å². The number of carbonyl (C=O) groups is 1. The number of hydrogen-bond acceptors (Lipinski definition) is 3. The number of alkyl halides is 2. The SMILES string of the molecule is CCCCC[C@@H](NS(=O)c1ccc(C)cc1)C(F)(F)C(=O)OCC. The van der Waals surface area contributed by atoms with Crippen LogP contribution in [0.4, 0.5) is 8.78 Å². The van der Waals surface area contributed by atoms with Crippen molar-refractivity contribution in [1.82, 2.24) is 4.72 Å². The largest absolute Gasteiger partial charge is 0.462 e. The van der Waals surface area contributed by atoms with Crippen molar-refractivity contribution in [3.05, 3.63) is 29.8 Å². The van der Waals surface area contributed by atoms with E-state index in [2.05, 4.69) is 9.46 Å². The predicted octanol–water partition coefficient (Wildman–Crippen LogP) is 3.75. The van der Waals surface area contributed by atoms with E-state index in [1.807, 2.05) is 13.8 Å². The van der Waals surface area contributed by atoms with E-state index in [0.29, 0.717) is 11.3 Å². The Hall–Kier alpha value is -1.34. The number of aryl methyl sites for hydroxylation is 1. The summed E-state index contributed by atoms with van der Waals surface area (Å²) in [6.07, 6.45) is 2.17. The summed E-state index contributed by atoms with van der Waals surface area (Å²) in [4.78, 5) is 12.0. The van der Waals surface area contributed by atoms with Crippen LogP contribution in [0.25, 0.3) is 0 Å². The zero-order valence-corrected chi connectivity index (χ0v) is 15.1. The summed E-state index contributed by atoms with van der Waals surface area (Å²) in [6, 6.07) is 5.20. The van der Waals surface area contributed by atoms with Crippen molar-refractivity contribution >= 4 is 17.0 Å². The van der Waals surface area contributed by atoms with Crippen LogP contribution in [-0.2, 0) is 20.5 Å². The number of hydrogen-bond donors (Lipinski definition) is 1. The van der Waals surface area contributed by atoms with Gasteiger partial charge in [0.2, 0.25) is 0 Å². The van der Waals surface area contributed by atoms with Crippen LogP contribution in [0.5, 0.6) is 0 Å². The minimum Gasteiger partial charge on any atom is -0.462 e. The van der Waals surface area contributed by atoms with Gasteiger partial charge in [-0.2, -0.15) is 8.78 Å². The number of ether oxygens (including phenoxy) is 1. The molecule has 2 atom stereocenters. The van der Waals surface area contributed by atoms with Crippen molar-refractivity contribution in [2.24, 2.45) is 0 Å². The van der Waals surface area contributed by atoms with Gasteiger partial charge in [-0.3, -0.25) is 0 Å². The van der Waals surface area contributed by atoms with Crippen LogP contribution in [0, 0.1) is 6.92 Å². The Morgan fingerprint density at radius 2 is 1.88 bits per heavy atom. The summed E-state index contributed by atoms with van der Waals surface area (Å²) in [5.74, 6) is -5.32. The lowest BCUT2D eigenvalue weighted by atomic mass is 10.0. The molecule has 1 rings (SSSR count). The van der Waals surface area contributed by atoms with Gasteiger partial charge < -0.3 is 4.74 Å². The van der Waals surface area contributed by atoms with Crippen LogP contribution >= 0.6 is 0 Å². The van der Waals surface area contributed by atoms with Gasteiger partial charge in [0.1, 0.15) is 11.0 Å². The molecule has 0 heterocycles. The summed E-state index contributed by atoms with van der Waals surface area (Å²) in [5.41, 5.74) is 0.979. The fourth-order valence-electron chi connectivity index (χ4n) is 2.14. The summed E-state index contributed by atoms with van der Waals surface area (Å²) < 4.78 is 48.0. The highest BCUT2D eigenvalue weighted by Gasteiger charge is 2.49. The van der Waals surface area contributed by atoms with Crippen LogP contribution in [0.3, 0.4) is 0 Å². The van der Waals surface area contributed by atoms with Gasteiger partial charge in [-0.1, -0.05) is 43.9 Å². The average molecular weight is 361 g/mol. The van der Waals surface area contributed by atoms with E-state index in [4.69, 9.17) is 0 Å². The average Bonchev–Trinajstić information content (AvgIpc) is 2.54. The number of rotatable bonds is 10. The van der Waals surface area contributed by atoms with Gasteiger partial charge in [-0.15, -0.1) is 0 Å². The maximum Gasteiger partial charge on any atom is 0.378 e. The highest BCUT2D eigenvalue weighted by atomic mass is 32.2. The molecule has 0 aliphatic rings. The van der Waals surface area contributed by atoms with Gasteiger partial charge >= 0.3 is 11.9 Å². The lowest BCUT2D eigenvalue weighted by Crippen LogP contribution is -2.51. The van der Waals surface area contributed by atoms with Crippen molar-refractivity contribution in [3.8, 4) is 0 Å². The van der Waals surface area contributed by atoms with E-state index >= 15 is 0 Å². The first kappa shape index (κ1) is 20.7. The molecule has 0 aliphatic carbocycles. The summed E-state index contributed by atoms with van der Waals surface area (Å²) in [6.45, 7) is 5.17. The number of esters is 1.